The lowest BCUT2D eigenvalue weighted by Gasteiger charge is -2.20. The quantitative estimate of drug-likeness (QED) is 0.580. The zero-order valence-electron chi connectivity index (χ0n) is 11.9. The van der Waals surface area contributed by atoms with Crippen LogP contribution in [0.5, 0.6) is 0 Å². The molecule has 1 rings (SSSR count). The molecule has 19 heavy (non-hydrogen) atoms. The summed E-state index contributed by atoms with van der Waals surface area (Å²) in [7, 11) is 0. The molecule has 1 N–H and O–H groups in total. The van der Waals surface area contributed by atoms with Crippen LogP contribution in [0, 0.1) is 10.1 Å². The first-order valence-electron chi connectivity index (χ1n) is 6.79. The summed E-state index contributed by atoms with van der Waals surface area (Å²) in [5.41, 5.74) is 0.928. The third kappa shape index (κ3) is 4.61. The van der Waals surface area contributed by atoms with Gasteiger partial charge in [0.2, 0.25) is 0 Å². The molecule has 5 nitrogen and oxygen atoms in total. The first-order chi connectivity index (χ1) is 9.10. The maximum atomic E-state index is 11.0. The molecule has 0 amide bonds. The molecule has 0 saturated heterocycles. The van der Waals surface area contributed by atoms with Gasteiger partial charge in [-0.2, -0.15) is 0 Å². The van der Waals surface area contributed by atoms with Crippen LogP contribution in [0.3, 0.4) is 0 Å². The predicted octanol–water partition coefficient (Wildman–Crippen LogP) is 2.59. The van der Waals surface area contributed by atoms with Gasteiger partial charge in [-0.05, 0) is 20.0 Å². The largest absolute Gasteiger partial charge is 0.309 e. The molecule has 0 saturated carbocycles. The Hall–Kier alpha value is -1.46. The summed E-state index contributed by atoms with van der Waals surface area (Å²) in [5, 5.41) is 14.3. The van der Waals surface area contributed by atoms with Gasteiger partial charge in [0.15, 0.2) is 0 Å². The average molecular weight is 265 g/mol. The van der Waals surface area contributed by atoms with Gasteiger partial charge in [0.1, 0.15) is 0 Å². The van der Waals surface area contributed by atoms with Gasteiger partial charge in [-0.15, -0.1) is 0 Å². The minimum atomic E-state index is -0.322. The van der Waals surface area contributed by atoms with E-state index in [-0.39, 0.29) is 16.7 Å². The highest BCUT2D eigenvalue weighted by molar-refractivity contribution is 5.41. The zero-order valence-corrected chi connectivity index (χ0v) is 11.9. The number of rotatable bonds is 8. The molecule has 0 radical (unpaired) electrons. The predicted molar refractivity (Wildman–Crippen MR) is 77.3 cm³/mol. The molecular weight excluding hydrogens is 242 g/mol. The monoisotopic (exact) mass is 265 g/mol. The zero-order chi connectivity index (χ0) is 14.3. The maximum Gasteiger partial charge on any atom is 0.274 e. The Morgan fingerprint density at radius 2 is 1.95 bits per heavy atom. The van der Waals surface area contributed by atoms with Gasteiger partial charge < -0.3 is 10.2 Å². The van der Waals surface area contributed by atoms with Crippen molar-refractivity contribution in [3.63, 3.8) is 0 Å². The van der Waals surface area contributed by atoms with Gasteiger partial charge >= 0.3 is 0 Å². The molecule has 0 fully saturated rings. The number of likely N-dealkylation sites (N-methyl/N-ethyl adjacent to an activating group) is 1. The number of hydrogen-bond acceptors (Lipinski definition) is 4. The van der Waals surface area contributed by atoms with Crippen molar-refractivity contribution in [2.45, 2.75) is 26.8 Å². The highest BCUT2D eigenvalue weighted by Crippen LogP contribution is 2.24. The summed E-state index contributed by atoms with van der Waals surface area (Å²) in [6, 6.07) is 6.89. The Kier molecular flexibility index (Phi) is 6.45. The minimum absolute atomic E-state index is 0.0165. The van der Waals surface area contributed by atoms with E-state index in [4.69, 9.17) is 0 Å². The molecule has 0 heterocycles. The molecule has 1 aromatic rings. The van der Waals surface area contributed by atoms with E-state index in [9.17, 15) is 10.1 Å². The van der Waals surface area contributed by atoms with Crippen molar-refractivity contribution >= 4 is 5.69 Å². The molecular formula is C14H23N3O2. The SMILES string of the molecule is CCN(CC)CCNC(C)c1ccccc1[N+](=O)[O-]. The van der Waals surface area contributed by atoms with Crippen molar-refractivity contribution in [3.05, 3.63) is 39.9 Å². The molecule has 0 aromatic heterocycles. The summed E-state index contributed by atoms with van der Waals surface area (Å²) < 4.78 is 0. The summed E-state index contributed by atoms with van der Waals surface area (Å²) in [6.45, 7) is 10.1. The second-order valence-corrected chi connectivity index (χ2v) is 4.52. The van der Waals surface area contributed by atoms with Crippen molar-refractivity contribution in [2.75, 3.05) is 26.2 Å². The Morgan fingerprint density at radius 3 is 2.53 bits per heavy atom. The van der Waals surface area contributed by atoms with Crippen LogP contribution in [-0.4, -0.2) is 36.0 Å². The molecule has 0 aliphatic rings. The fourth-order valence-electron chi connectivity index (χ4n) is 2.11. The third-order valence-corrected chi connectivity index (χ3v) is 3.37. The van der Waals surface area contributed by atoms with Crippen LogP contribution >= 0.6 is 0 Å². The smallest absolute Gasteiger partial charge is 0.274 e. The molecule has 1 atom stereocenters. The molecule has 0 aliphatic carbocycles. The van der Waals surface area contributed by atoms with Crippen molar-refractivity contribution in [1.82, 2.24) is 10.2 Å². The molecule has 5 heteroatoms. The lowest BCUT2D eigenvalue weighted by Crippen LogP contribution is -2.33. The van der Waals surface area contributed by atoms with E-state index < -0.39 is 0 Å². The lowest BCUT2D eigenvalue weighted by atomic mass is 10.1. The number of nitro benzene ring substituents is 1. The molecule has 0 spiro atoms. The van der Waals surface area contributed by atoms with Crippen LogP contribution in [0.25, 0.3) is 0 Å². The summed E-state index contributed by atoms with van der Waals surface area (Å²) >= 11 is 0. The molecule has 0 aliphatic heterocycles. The van der Waals surface area contributed by atoms with Crippen LogP contribution in [0.2, 0.25) is 0 Å². The van der Waals surface area contributed by atoms with Gasteiger partial charge in [0.25, 0.3) is 5.69 Å². The van der Waals surface area contributed by atoms with Gasteiger partial charge in [0.05, 0.1) is 4.92 Å². The number of nitro groups is 1. The van der Waals surface area contributed by atoms with Crippen molar-refractivity contribution < 1.29 is 4.92 Å². The lowest BCUT2D eigenvalue weighted by molar-refractivity contribution is -0.385. The summed E-state index contributed by atoms with van der Waals surface area (Å²) in [4.78, 5) is 13.0. The standard InChI is InChI=1S/C14H23N3O2/c1-4-16(5-2)11-10-15-12(3)13-8-6-7-9-14(13)17(18)19/h6-9,12,15H,4-5,10-11H2,1-3H3. The van der Waals surface area contributed by atoms with E-state index in [2.05, 4.69) is 24.1 Å². The van der Waals surface area contributed by atoms with E-state index in [1.54, 1.807) is 12.1 Å². The summed E-state index contributed by atoms with van der Waals surface area (Å²) in [5.74, 6) is 0. The maximum absolute atomic E-state index is 11.0. The Labute approximate surface area is 114 Å². The normalized spacial score (nSPS) is 12.6. The molecule has 0 bridgehead atoms. The van der Waals surface area contributed by atoms with Crippen molar-refractivity contribution in [1.29, 1.82) is 0 Å². The highest BCUT2D eigenvalue weighted by Gasteiger charge is 2.17. The third-order valence-electron chi connectivity index (χ3n) is 3.37. The van der Waals surface area contributed by atoms with Crippen LogP contribution in [0.1, 0.15) is 32.4 Å². The molecule has 106 valence electrons. The topological polar surface area (TPSA) is 58.4 Å². The second-order valence-electron chi connectivity index (χ2n) is 4.52. The molecule has 1 unspecified atom stereocenters. The van der Waals surface area contributed by atoms with Gasteiger partial charge in [0, 0.05) is 30.8 Å². The van der Waals surface area contributed by atoms with E-state index >= 15 is 0 Å². The molecule has 1 aromatic carbocycles. The van der Waals surface area contributed by atoms with E-state index in [0.717, 1.165) is 31.7 Å². The highest BCUT2D eigenvalue weighted by atomic mass is 16.6. The van der Waals surface area contributed by atoms with Crippen molar-refractivity contribution in [3.8, 4) is 0 Å². The summed E-state index contributed by atoms with van der Waals surface area (Å²) in [6.07, 6.45) is 0. The fraction of sp³-hybridized carbons (Fsp3) is 0.571. The fourth-order valence-corrected chi connectivity index (χ4v) is 2.11. The van der Waals surface area contributed by atoms with Crippen LogP contribution in [0.4, 0.5) is 5.69 Å². The van der Waals surface area contributed by atoms with Gasteiger partial charge in [-0.3, -0.25) is 10.1 Å². The Morgan fingerprint density at radius 1 is 1.32 bits per heavy atom. The first-order valence-corrected chi connectivity index (χ1v) is 6.79. The first kappa shape index (κ1) is 15.6. The van der Waals surface area contributed by atoms with E-state index in [1.165, 1.54) is 0 Å². The Bertz CT molecular complexity index is 405. The number of nitrogens with zero attached hydrogens (tertiary/aromatic N) is 2. The second kappa shape index (κ2) is 7.86. The van der Waals surface area contributed by atoms with E-state index in [1.807, 2.05) is 19.1 Å². The van der Waals surface area contributed by atoms with Crippen LogP contribution < -0.4 is 5.32 Å². The number of hydrogen-bond donors (Lipinski definition) is 1. The number of nitrogens with one attached hydrogen (secondary N) is 1. The van der Waals surface area contributed by atoms with Crippen molar-refractivity contribution in [2.24, 2.45) is 0 Å². The van der Waals surface area contributed by atoms with Crippen LogP contribution in [0.15, 0.2) is 24.3 Å². The van der Waals surface area contributed by atoms with Crippen LogP contribution in [-0.2, 0) is 0 Å². The Balaban J connectivity index is 2.58. The van der Waals surface area contributed by atoms with E-state index in [0.29, 0.717) is 0 Å². The minimum Gasteiger partial charge on any atom is -0.309 e. The average Bonchev–Trinajstić information content (AvgIpc) is 2.43. The van der Waals surface area contributed by atoms with Gasteiger partial charge in [-0.1, -0.05) is 32.0 Å². The number of para-hydroxylation sites is 1. The number of benzene rings is 1. The van der Waals surface area contributed by atoms with Gasteiger partial charge in [-0.25, -0.2) is 0 Å².